The normalized spacial score (nSPS) is 23.1. The van der Waals surface area contributed by atoms with Gasteiger partial charge >= 0.3 is 6.09 Å². The number of hydrogen-bond donors (Lipinski definition) is 1. The van der Waals surface area contributed by atoms with Crippen LogP contribution in [0.25, 0.3) is 0 Å². The Balaban J connectivity index is 1.70. The predicted molar refractivity (Wildman–Crippen MR) is 113 cm³/mol. The van der Waals surface area contributed by atoms with E-state index >= 15 is 0 Å². The monoisotopic (exact) mass is 417 g/mol. The van der Waals surface area contributed by atoms with E-state index in [4.69, 9.17) is 28.0 Å². The van der Waals surface area contributed by atoms with Crippen molar-refractivity contribution in [1.82, 2.24) is 4.90 Å². The molecule has 2 heterocycles. The predicted octanol–water partition coefficient (Wildman–Crippen LogP) is 2.62. The lowest BCUT2D eigenvalue weighted by Crippen LogP contribution is -2.39. The van der Waals surface area contributed by atoms with Crippen LogP contribution in [-0.2, 0) is 4.74 Å². The fourth-order valence-corrected chi connectivity index (χ4v) is 3.78. The number of piperidine rings is 1. The van der Waals surface area contributed by atoms with Gasteiger partial charge in [0, 0.05) is 26.2 Å². The molecule has 0 aliphatic carbocycles. The molecular weight excluding hydrogens is 393 g/mol. The number of allylic oxidation sites excluding steroid dienone is 1. The summed E-state index contributed by atoms with van der Waals surface area (Å²) in [5, 5.41) is 9.08. The van der Waals surface area contributed by atoms with Crippen molar-refractivity contribution in [2.75, 3.05) is 43.0 Å². The van der Waals surface area contributed by atoms with Crippen LogP contribution in [0.2, 0.25) is 0 Å². The number of likely N-dealkylation sites (N-methyl/N-ethyl adjacent to an activating group) is 1. The van der Waals surface area contributed by atoms with Crippen LogP contribution in [0.3, 0.4) is 0 Å². The number of halogens is 1. The third kappa shape index (κ3) is 4.59. The molecule has 0 radical (unpaired) electrons. The van der Waals surface area contributed by atoms with E-state index in [0.29, 0.717) is 37.6 Å². The van der Waals surface area contributed by atoms with Gasteiger partial charge in [0.2, 0.25) is 0 Å². The lowest BCUT2D eigenvalue weighted by Gasteiger charge is -2.34. The number of benzene rings is 1. The van der Waals surface area contributed by atoms with Crippen LogP contribution < -0.4 is 15.5 Å². The maximum Gasteiger partial charge on any atom is 0.414 e. The molecule has 2 aliphatic rings. The molecule has 1 unspecified atom stereocenters. The average Bonchev–Trinajstić information content (AvgIpc) is 3.03. The Morgan fingerprint density at radius 3 is 2.90 bits per heavy atom. The third-order valence-electron chi connectivity index (χ3n) is 5.36. The molecule has 29 heavy (non-hydrogen) atoms. The number of rotatable bonds is 4. The highest BCUT2D eigenvalue weighted by atomic mass is 32.1. The molecule has 2 atom stereocenters. The molecule has 0 aromatic heterocycles. The van der Waals surface area contributed by atoms with Crippen LogP contribution in [0.1, 0.15) is 13.3 Å². The summed E-state index contributed by atoms with van der Waals surface area (Å²) in [5.74, 6) is -0.207. The molecule has 154 valence electrons. The van der Waals surface area contributed by atoms with Gasteiger partial charge in [0.15, 0.2) is 5.11 Å². The summed E-state index contributed by atoms with van der Waals surface area (Å²) in [6, 6.07) is 6.86. The summed E-state index contributed by atoms with van der Waals surface area (Å²) in [6.07, 6.45) is 1.40. The number of anilines is 2. The van der Waals surface area contributed by atoms with E-state index in [1.165, 1.54) is 11.0 Å². The van der Waals surface area contributed by atoms with Gasteiger partial charge in [-0.15, -0.1) is 0 Å². The lowest BCUT2D eigenvalue weighted by atomic mass is 9.92. The number of carbonyl (C=O) groups is 1. The quantitative estimate of drug-likeness (QED) is 0.595. The molecule has 1 aromatic rings. The van der Waals surface area contributed by atoms with Gasteiger partial charge in [-0.25, -0.2) is 9.18 Å². The second-order valence-corrected chi connectivity index (χ2v) is 7.83. The SMILES string of the molecule is CC1CN(c2ccc(N3C[C@@H](CN(C)C(N)=S)OC3=O)cc2F)CCC1=CC#N. The molecule has 0 saturated carbocycles. The Morgan fingerprint density at radius 2 is 2.28 bits per heavy atom. The average molecular weight is 418 g/mol. The first-order valence-corrected chi connectivity index (χ1v) is 9.82. The maximum absolute atomic E-state index is 14.9. The number of nitriles is 1. The Labute approximate surface area is 175 Å². The Bertz CT molecular complexity index is 884. The van der Waals surface area contributed by atoms with Crippen LogP contribution in [-0.4, -0.2) is 55.4 Å². The molecule has 7 nitrogen and oxygen atoms in total. The smallest absolute Gasteiger partial charge is 0.414 e. The molecule has 9 heteroatoms. The molecule has 3 rings (SSSR count). The summed E-state index contributed by atoms with van der Waals surface area (Å²) < 4.78 is 20.2. The Kier molecular flexibility index (Phi) is 6.23. The van der Waals surface area contributed by atoms with Crippen LogP contribution in [0, 0.1) is 23.1 Å². The molecule has 2 saturated heterocycles. The van der Waals surface area contributed by atoms with E-state index in [0.717, 1.165) is 12.0 Å². The van der Waals surface area contributed by atoms with Crippen LogP contribution in [0.15, 0.2) is 29.8 Å². The van der Waals surface area contributed by atoms with Crippen molar-refractivity contribution >= 4 is 34.8 Å². The number of thiocarbonyl (C=S) groups is 1. The van der Waals surface area contributed by atoms with Crippen molar-refractivity contribution in [3.63, 3.8) is 0 Å². The van der Waals surface area contributed by atoms with Gasteiger partial charge in [-0.1, -0.05) is 12.5 Å². The second-order valence-electron chi connectivity index (χ2n) is 7.42. The molecule has 0 spiro atoms. The highest BCUT2D eigenvalue weighted by Gasteiger charge is 2.34. The molecule has 2 aliphatic heterocycles. The number of amides is 1. The van der Waals surface area contributed by atoms with E-state index in [2.05, 4.69) is 6.07 Å². The lowest BCUT2D eigenvalue weighted by molar-refractivity contribution is 0.130. The maximum atomic E-state index is 14.9. The standard InChI is InChI=1S/C20H24FN5O2S/c1-13-10-25(8-6-14(13)5-7-22)18-4-3-15(9-17(18)21)26-12-16(28-20(26)27)11-24(2)19(23)29/h3-5,9,13,16H,6,8,10-12H2,1-2H3,(H2,23,29)/t13?,16-/m1/s1. The van der Waals surface area contributed by atoms with Crippen molar-refractivity contribution in [3.8, 4) is 6.07 Å². The number of nitrogens with two attached hydrogens (primary N) is 1. The fraction of sp³-hybridized carbons (Fsp3) is 0.450. The molecule has 1 aromatic carbocycles. The molecule has 1 amide bonds. The van der Waals surface area contributed by atoms with Gasteiger partial charge < -0.3 is 20.3 Å². The number of carbonyl (C=O) groups excluding carboxylic acids is 1. The number of ether oxygens (including phenoxy) is 1. The first kappa shape index (κ1) is 20.9. The molecular formula is C20H24FN5O2S. The zero-order chi connectivity index (χ0) is 21.1. The van der Waals surface area contributed by atoms with Crippen LogP contribution in [0.4, 0.5) is 20.6 Å². The summed E-state index contributed by atoms with van der Waals surface area (Å²) in [7, 11) is 1.73. The number of hydrogen-bond acceptors (Lipinski definition) is 5. The third-order valence-corrected chi connectivity index (χ3v) is 5.67. The van der Waals surface area contributed by atoms with Crippen molar-refractivity contribution in [2.45, 2.75) is 19.4 Å². The van der Waals surface area contributed by atoms with Gasteiger partial charge in [-0.05, 0) is 42.8 Å². The largest absolute Gasteiger partial charge is 0.442 e. The van der Waals surface area contributed by atoms with Crippen LogP contribution in [0.5, 0.6) is 0 Å². The van der Waals surface area contributed by atoms with Gasteiger partial charge in [-0.3, -0.25) is 4.90 Å². The topological polar surface area (TPSA) is 85.8 Å². The van der Waals surface area contributed by atoms with Gasteiger partial charge in [0.25, 0.3) is 0 Å². The van der Waals surface area contributed by atoms with E-state index in [1.54, 1.807) is 30.2 Å². The minimum absolute atomic E-state index is 0.183. The summed E-state index contributed by atoms with van der Waals surface area (Å²) in [6.45, 7) is 4.00. The second kappa shape index (κ2) is 8.66. The Morgan fingerprint density at radius 1 is 1.52 bits per heavy atom. The summed E-state index contributed by atoms with van der Waals surface area (Å²) in [4.78, 5) is 17.2. The Hall–Kier alpha value is -2.86. The minimum Gasteiger partial charge on any atom is -0.442 e. The first-order chi connectivity index (χ1) is 13.8. The number of cyclic esters (lactones) is 1. The molecule has 2 N–H and O–H groups in total. The number of nitrogens with zero attached hydrogens (tertiary/aromatic N) is 4. The van der Waals surface area contributed by atoms with Gasteiger partial charge in [-0.2, -0.15) is 5.26 Å². The van der Waals surface area contributed by atoms with Crippen molar-refractivity contribution in [3.05, 3.63) is 35.7 Å². The van der Waals surface area contributed by atoms with E-state index in [-0.39, 0.29) is 16.8 Å². The zero-order valence-corrected chi connectivity index (χ0v) is 17.3. The van der Waals surface area contributed by atoms with Crippen molar-refractivity contribution in [1.29, 1.82) is 5.26 Å². The fourth-order valence-electron chi connectivity index (χ4n) is 3.71. The molecule has 2 fully saturated rings. The molecule has 0 bridgehead atoms. The zero-order valence-electron chi connectivity index (χ0n) is 16.5. The van der Waals surface area contributed by atoms with Gasteiger partial charge in [0.1, 0.15) is 11.9 Å². The summed E-state index contributed by atoms with van der Waals surface area (Å²) in [5.41, 5.74) is 7.60. The highest BCUT2D eigenvalue weighted by molar-refractivity contribution is 7.80. The minimum atomic E-state index is -0.517. The van der Waals surface area contributed by atoms with E-state index < -0.39 is 12.2 Å². The van der Waals surface area contributed by atoms with Crippen LogP contribution >= 0.6 is 12.2 Å². The van der Waals surface area contributed by atoms with Gasteiger partial charge in [0.05, 0.1) is 30.5 Å². The summed E-state index contributed by atoms with van der Waals surface area (Å²) >= 11 is 4.90. The first-order valence-electron chi connectivity index (χ1n) is 9.42. The van der Waals surface area contributed by atoms with Crippen molar-refractivity contribution in [2.24, 2.45) is 11.7 Å². The van der Waals surface area contributed by atoms with E-state index in [1.807, 2.05) is 11.8 Å². The van der Waals surface area contributed by atoms with Crippen molar-refractivity contribution < 1.29 is 13.9 Å². The highest BCUT2D eigenvalue weighted by Crippen LogP contribution is 2.32. The van der Waals surface area contributed by atoms with E-state index in [9.17, 15) is 9.18 Å².